The number of carbonyl (C=O) groups is 2. The fourth-order valence-electron chi connectivity index (χ4n) is 1.99. The number of ether oxygens (including phenoxy) is 3. The van der Waals surface area contributed by atoms with Gasteiger partial charge in [0.1, 0.15) is 17.2 Å². The lowest BCUT2D eigenvalue weighted by molar-refractivity contribution is -0.133. The Hall–Kier alpha value is -2.93. The number of nitrogens with one attached hydrogen (secondary N) is 2. The maximum Gasteiger partial charge on any atom is 0.279 e. The number of hydrogen-bond acceptors (Lipinski definition) is 5. The lowest BCUT2D eigenvalue weighted by Gasteiger charge is -2.15. The molecule has 0 heterocycles. The Morgan fingerprint density at radius 1 is 0.926 bits per heavy atom. The minimum atomic E-state index is -0.805. The predicted octanol–water partition coefficient (Wildman–Crippen LogP) is 2.73. The topological polar surface area (TPSA) is 85.9 Å². The maximum atomic E-state index is 12.0. The fourth-order valence-corrected chi connectivity index (χ4v) is 2.11. The van der Waals surface area contributed by atoms with Gasteiger partial charge in [0.15, 0.2) is 12.7 Å². The van der Waals surface area contributed by atoms with Gasteiger partial charge in [-0.1, -0.05) is 11.6 Å². The molecule has 27 heavy (non-hydrogen) atoms. The molecule has 0 aromatic heterocycles. The molecule has 0 spiro atoms. The highest BCUT2D eigenvalue weighted by Crippen LogP contribution is 2.18. The third kappa shape index (κ3) is 7.07. The zero-order valence-electron chi connectivity index (χ0n) is 15.0. The predicted molar refractivity (Wildman–Crippen MR) is 101 cm³/mol. The van der Waals surface area contributed by atoms with E-state index in [1.54, 1.807) is 55.5 Å². The molecule has 2 amide bonds. The lowest BCUT2D eigenvalue weighted by Crippen LogP contribution is -2.48. The lowest BCUT2D eigenvalue weighted by atomic mass is 10.3. The highest BCUT2D eigenvalue weighted by atomic mass is 35.5. The highest BCUT2D eigenvalue weighted by Gasteiger charge is 2.15. The second-order valence-electron chi connectivity index (χ2n) is 5.44. The number of hydrazine groups is 1. The van der Waals surface area contributed by atoms with E-state index < -0.39 is 17.9 Å². The van der Waals surface area contributed by atoms with Crippen molar-refractivity contribution in [2.75, 3.05) is 13.2 Å². The molecule has 0 saturated carbocycles. The average Bonchev–Trinajstić information content (AvgIpc) is 2.67. The van der Waals surface area contributed by atoms with E-state index in [-0.39, 0.29) is 6.61 Å². The zero-order chi connectivity index (χ0) is 19.6. The van der Waals surface area contributed by atoms with Gasteiger partial charge in [-0.2, -0.15) is 0 Å². The van der Waals surface area contributed by atoms with E-state index in [0.717, 1.165) is 5.75 Å². The van der Waals surface area contributed by atoms with Gasteiger partial charge in [-0.05, 0) is 62.4 Å². The molecule has 2 N–H and O–H groups in total. The normalized spacial score (nSPS) is 11.2. The van der Waals surface area contributed by atoms with Crippen molar-refractivity contribution in [1.82, 2.24) is 10.9 Å². The zero-order valence-corrected chi connectivity index (χ0v) is 15.8. The smallest absolute Gasteiger partial charge is 0.279 e. The summed E-state index contributed by atoms with van der Waals surface area (Å²) in [7, 11) is 0. The van der Waals surface area contributed by atoms with Crippen LogP contribution in [0.15, 0.2) is 48.5 Å². The fraction of sp³-hybridized carbons (Fsp3) is 0.263. The van der Waals surface area contributed by atoms with Crippen LogP contribution in [0.5, 0.6) is 17.2 Å². The molecular weight excluding hydrogens is 372 g/mol. The van der Waals surface area contributed by atoms with E-state index in [1.165, 1.54) is 0 Å². The van der Waals surface area contributed by atoms with Crippen LogP contribution in [0.25, 0.3) is 0 Å². The Balaban J connectivity index is 1.71. The molecule has 1 unspecified atom stereocenters. The Labute approximate surface area is 162 Å². The largest absolute Gasteiger partial charge is 0.494 e. The number of amides is 2. The summed E-state index contributed by atoms with van der Waals surface area (Å²) >= 11 is 5.77. The number of halogens is 1. The van der Waals surface area contributed by atoms with Crippen LogP contribution < -0.4 is 25.1 Å². The quantitative estimate of drug-likeness (QED) is 0.674. The van der Waals surface area contributed by atoms with Crippen LogP contribution in [0.2, 0.25) is 5.02 Å². The van der Waals surface area contributed by atoms with Gasteiger partial charge >= 0.3 is 0 Å². The van der Waals surface area contributed by atoms with Crippen molar-refractivity contribution < 1.29 is 23.8 Å². The average molecular weight is 393 g/mol. The van der Waals surface area contributed by atoms with Gasteiger partial charge in [0.2, 0.25) is 0 Å². The van der Waals surface area contributed by atoms with E-state index in [1.807, 2.05) is 6.92 Å². The number of hydrogen-bond donors (Lipinski definition) is 2. The van der Waals surface area contributed by atoms with Crippen molar-refractivity contribution in [3.8, 4) is 17.2 Å². The summed E-state index contributed by atoms with van der Waals surface area (Å²) in [4.78, 5) is 23.7. The Morgan fingerprint density at radius 2 is 1.48 bits per heavy atom. The minimum absolute atomic E-state index is 0.254. The van der Waals surface area contributed by atoms with Gasteiger partial charge in [-0.15, -0.1) is 0 Å². The molecule has 2 aromatic carbocycles. The molecule has 0 bridgehead atoms. The van der Waals surface area contributed by atoms with E-state index >= 15 is 0 Å². The first-order valence-corrected chi connectivity index (χ1v) is 8.72. The molecule has 2 aromatic rings. The van der Waals surface area contributed by atoms with Gasteiger partial charge in [0.05, 0.1) is 6.61 Å². The molecular formula is C19H21ClN2O5. The van der Waals surface area contributed by atoms with Gasteiger partial charge in [0, 0.05) is 5.02 Å². The summed E-state index contributed by atoms with van der Waals surface area (Å²) < 4.78 is 16.1. The molecule has 2 rings (SSSR count). The molecule has 0 saturated heterocycles. The maximum absolute atomic E-state index is 12.0. The van der Waals surface area contributed by atoms with E-state index in [2.05, 4.69) is 10.9 Å². The molecule has 8 heteroatoms. The molecule has 0 aliphatic rings. The SMILES string of the molecule is CCOc1ccc(OC(C)C(=O)NNC(=O)COc2ccc(Cl)cc2)cc1. The van der Waals surface area contributed by atoms with Crippen LogP contribution in [0, 0.1) is 0 Å². The van der Waals surface area contributed by atoms with Crippen LogP contribution in [0.3, 0.4) is 0 Å². The van der Waals surface area contributed by atoms with Crippen LogP contribution in [-0.2, 0) is 9.59 Å². The monoisotopic (exact) mass is 392 g/mol. The Morgan fingerprint density at radius 3 is 2.11 bits per heavy atom. The summed E-state index contributed by atoms with van der Waals surface area (Å²) in [6, 6.07) is 13.5. The Bertz CT molecular complexity index is 750. The number of carbonyl (C=O) groups excluding carboxylic acids is 2. The minimum Gasteiger partial charge on any atom is -0.494 e. The van der Waals surface area contributed by atoms with E-state index in [9.17, 15) is 9.59 Å². The summed E-state index contributed by atoms with van der Waals surface area (Å²) in [5.41, 5.74) is 4.56. The standard InChI is InChI=1S/C19H21ClN2O5/c1-3-25-15-8-10-17(11-9-15)27-13(2)19(24)22-21-18(23)12-26-16-6-4-14(20)5-7-16/h4-11,13H,3,12H2,1-2H3,(H,21,23)(H,22,24). The summed E-state index contributed by atoms with van der Waals surface area (Å²) in [5, 5.41) is 0.570. The third-order valence-corrected chi connectivity index (χ3v) is 3.58. The Kier molecular flexibility index (Phi) is 7.76. The first kappa shape index (κ1) is 20.4. The van der Waals surface area contributed by atoms with Crippen LogP contribution in [0.4, 0.5) is 0 Å². The third-order valence-electron chi connectivity index (χ3n) is 3.33. The van der Waals surface area contributed by atoms with Crippen molar-refractivity contribution in [3.05, 3.63) is 53.6 Å². The second kappa shape index (κ2) is 10.3. The van der Waals surface area contributed by atoms with Crippen LogP contribution in [-0.4, -0.2) is 31.1 Å². The first-order valence-electron chi connectivity index (χ1n) is 8.34. The summed E-state index contributed by atoms with van der Waals surface area (Å²) in [6.45, 7) is 3.78. The van der Waals surface area contributed by atoms with Gasteiger partial charge in [-0.3, -0.25) is 20.4 Å². The number of benzene rings is 2. The van der Waals surface area contributed by atoms with Crippen molar-refractivity contribution in [2.24, 2.45) is 0 Å². The first-order chi connectivity index (χ1) is 13.0. The van der Waals surface area contributed by atoms with Crippen molar-refractivity contribution in [1.29, 1.82) is 0 Å². The summed E-state index contributed by atoms with van der Waals surface area (Å²) in [6.07, 6.45) is -0.805. The second-order valence-corrected chi connectivity index (χ2v) is 5.88. The molecule has 0 aliphatic carbocycles. The van der Waals surface area contributed by atoms with Crippen molar-refractivity contribution in [3.63, 3.8) is 0 Å². The van der Waals surface area contributed by atoms with Crippen LogP contribution in [0.1, 0.15) is 13.8 Å². The van der Waals surface area contributed by atoms with Crippen LogP contribution >= 0.6 is 11.6 Å². The van der Waals surface area contributed by atoms with Gasteiger partial charge < -0.3 is 14.2 Å². The van der Waals surface area contributed by atoms with Gasteiger partial charge in [0.25, 0.3) is 11.8 Å². The molecule has 0 fully saturated rings. The van der Waals surface area contributed by atoms with Gasteiger partial charge in [-0.25, -0.2) is 0 Å². The molecule has 7 nitrogen and oxygen atoms in total. The van der Waals surface area contributed by atoms with E-state index in [0.29, 0.717) is 23.1 Å². The summed E-state index contributed by atoms with van der Waals surface area (Å²) in [5.74, 6) is 0.719. The molecule has 0 radical (unpaired) electrons. The molecule has 144 valence electrons. The van der Waals surface area contributed by atoms with E-state index in [4.69, 9.17) is 25.8 Å². The van der Waals surface area contributed by atoms with Crippen molar-refractivity contribution in [2.45, 2.75) is 20.0 Å². The molecule has 1 atom stereocenters. The van der Waals surface area contributed by atoms with Crippen molar-refractivity contribution >= 4 is 23.4 Å². The molecule has 0 aliphatic heterocycles. The number of rotatable bonds is 8. The highest BCUT2D eigenvalue weighted by molar-refractivity contribution is 6.30.